The fourth-order valence-electron chi connectivity index (χ4n) is 4.59. The molecule has 7 heteroatoms. The minimum absolute atomic E-state index is 0.0941. The molecule has 4 rings (SSSR count). The molecular formula is C22H28N2O5. The molecule has 2 aliphatic heterocycles. The van der Waals surface area contributed by atoms with Crippen molar-refractivity contribution in [3.63, 3.8) is 0 Å². The lowest BCUT2D eigenvalue weighted by atomic mass is 9.79. The molecule has 2 heterocycles. The first-order valence-corrected chi connectivity index (χ1v) is 10.3. The Kier molecular flexibility index (Phi) is 5.61. The molecule has 1 amide bonds. The lowest BCUT2D eigenvalue weighted by Gasteiger charge is -2.44. The summed E-state index contributed by atoms with van der Waals surface area (Å²) in [5, 5.41) is 12.8. The number of hydrogen-bond donors (Lipinski definition) is 1. The first-order valence-electron chi connectivity index (χ1n) is 10.3. The molecule has 7 nitrogen and oxygen atoms in total. The van der Waals surface area contributed by atoms with E-state index in [1.807, 2.05) is 36.4 Å². The van der Waals surface area contributed by atoms with Gasteiger partial charge in [-0.25, -0.2) is 0 Å². The van der Waals surface area contributed by atoms with Crippen LogP contribution in [0.25, 0.3) is 5.76 Å². The molecule has 1 aromatic carbocycles. The van der Waals surface area contributed by atoms with Crippen LogP contribution in [0.1, 0.15) is 44.1 Å². The molecule has 1 saturated heterocycles. The zero-order valence-electron chi connectivity index (χ0n) is 16.8. The van der Waals surface area contributed by atoms with Gasteiger partial charge in [0.15, 0.2) is 5.76 Å². The molecule has 2 unspecified atom stereocenters. The zero-order valence-corrected chi connectivity index (χ0v) is 16.8. The lowest BCUT2D eigenvalue weighted by molar-refractivity contribution is -0.191. The van der Waals surface area contributed by atoms with E-state index in [2.05, 4.69) is 0 Å². The third-order valence-electron chi connectivity index (χ3n) is 6.15. The predicted octanol–water partition coefficient (Wildman–Crippen LogP) is 2.11. The lowest BCUT2D eigenvalue weighted by Crippen LogP contribution is -2.62. The number of piperazine rings is 1. The number of carbonyl (C=O) groups is 2. The summed E-state index contributed by atoms with van der Waals surface area (Å²) in [5.41, 5.74) is 0.0555. The van der Waals surface area contributed by atoms with Gasteiger partial charge in [-0.2, -0.15) is 0 Å². The van der Waals surface area contributed by atoms with Gasteiger partial charge in [0.1, 0.15) is 12.6 Å². The monoisotopic (exact) mass is 400 g/mol. The first kappa shape index (κ1) is 19.9. The number of esters is 1. The summed E-state index contributed by atoms with van der Waals surface area (Å²) >= 11 is 0. The fraction of sp³-hybridized carbons (Fsp3) is 0.545. The molecule has 1 aliphatic carbocycles. The standard InChI is InChI=1S/C22H28N2O5/c1-28-20(25)15-23-14-17-12-19(16-8-4-2-5-9-16)29-24(17)18(21(23)26)13-22(27)10-6-3-7-11-22/h2,4-5,8-9,12,17-18,27H,3,6-7,10-11,13-15H2,1H3. The number of hydrogen-bond acceptors (Lipinski definition) is 6. The number of hydroxylamine groups is 2. The Bertz CT molecular complexity index is 788. The van der Waals surface area contributed by atoms with E-state index in [-0.39, 0.29) is 18.5 Å². The molecule has 2 fully saturated rings. The summed E-state index contributed by atoms with van der Waals surface area (Å²) in [5.74, 6) is 0.0467. The van der Waals surface area contributed by atoms with E-state index in [4.69, 9.17) is 9.57 Å². The fourth-order valence-corrected chi connectivity index (χ4v) is 4.59. The minimum atomic E-state index is -0.879. The van der Waals surface area contributed by atoms with Gasteiger partial charge in [-0.05, 0) is 18.9 Å². The summed E-state index contributed by atoms with van der Waals surface area (Å²) in [6, 6.07) is 8.92. The van der Waals surface area contributed by atoms with E-state index in [0.29, 0.717) is 31.6 Å². The highest BCUT2D eigenvalue weighted by Gasteiger charge is 2.48. The average Bonchev–Trinajstić information content (AvgIpc) is 3.16. The van der Waals surface area contributed by atoms with Crippen LogP contribution in [0.4, 0.5) is 0 Å². The van der Waals surface area contributed by atoms with Crippen molar-refractivity contribution in [2.45, 2.75) is 56.2 Å². The maximum atomic E-state index is 13.2. The molecular weight excluding hydrogens is 372 g/mol. The van der Waals surface area contributed by atoms with Crippen molar-refractivity contribution >= 4 is 17.6 Å². The molecule has 2 atom stereocenters. The Morgan fingerprint density at radius 2 is 1.97 bits per heavy atom. The van der Waals surface area contributed by atoms with Crippen LogP contribution in [0.3, 0.4) is 0 Å². The van der Waals surface area contributed by atoms with Crippen LogP contribution >= 0.6 is 0 Å². The number of fused-ring (bicyclic) bond motifs is 1. The molecule has 0 radical (unpaired) electrons. The van der Waals surface area contributed by atoms with Crippen molar-refractivity contribution in [2.75, 3.05) is 20.2 Å². The van der Waals surface area contributed by atoms with Crippen LogP contribution in [-0.4, -0.2) is 64.8 Å². The quantitative estimate of drug-likeness (QED) is 0.763. The number of rotatable bonds is 5. The third-order valence-corrected chi connectivity index (χ3v) is 6.15. The Balaban J connectivity index is 1.59. The van der Waals surface area contributed by atoms with Crippen LogP contribution in [-0.2, 0) is 19.2 Å². The first-order chi connectivity index (χ1) is 14.0. The van der Waals surface area contributed by atoms with Gasteiger partial charge in [-0.3, -0.25) is 9.59 Å². The number of aliphatic hydroxyl groups is 1. The molecule has 1 saturated carbocycles. The van der Waals surface area contributed by atoms with Gasteiger partial charge in [0.05, 0.1) is 18.8 Å². The molecule has 29 heavy (non-hydrogen) atoms. The van der Waals surface area contributed by atoms with Crippen LogP contribution in [0.2, 0.25) is 0 Å². The number of benzene rings is 1. The maximum absolute atomic E-state index is 13.2. The van der Waals surface area contributed by atoms with Gasteiger partial charge < -0.3 is 19.6 Å². The Labute approximate surface area is 170 Å². The van der Waals surface area contributed by atoms with Gasteiger partial charge in [-0.1, -0.05) is 49.6 Å². The minimum Gasteiger partial charge on any atom is -0.468 e. The summed E-state index contributed by atoms with van der Waals surface area (Å²) in [6.45, 7) is 0.252. The van der Waals surface area contributed by atoms with Crippen molar-refractivity contribution in [1.29, 1.82) is 0 Å². The van der Waals surface area contributed by atoms with Gasteiger partial charge in [-0.15, -0.1) is 5.06 Å². The van der Waals surface area contributed by atoms with Crippen LogP contribution in [0.15, 0.2) is 36.4 Å². The van der Waals surface area contributed by atoms with E-state index in [1.165, 1.54) is 12.0 Å². The molecule has 0 bridgehead atoms. The van der Waals surface area contributed by atoms with Gasteiger partial charge in [0.25, 0.3) is 0 Å². The SMILES string of the molecule is COC(=O)CN1CC2C=C(c3ccccc3)ON2C(CC2(O)CCCCC2)C1=O. The normalized spacial score (nSPS) is 26.5. The van der Waals surface area contributed by atoms with Crippen molar-refractivity contribution in [3.8, 4) is 0 Å². The van der Waals surface area contributed by atoms with Crippen molar-refractivity contribution < 1.29 is 24.3 Å². The largest absolute Gasteiger partial charge is 0.468 e. The van der Waals surface area contributed by atoms with E-state index < -0.39 is 17.6 Å². The Morgan fingerprint density at radius 3 is 2.66 bits per heavy atom. The van der Waals surface area contributed by atoms with Crippen molar-refractivity contribution in [2.24, 2.45) is 0 Å². The molecule has 3 aliphatic rings. The molecule has 156 valence electrons. The van der Waals surface area contributed by atoms with E-state index in [1.54, 1.807) is 5.06 Å². The van der Waals surface area contributed by atoms with E-state index in [0.717, 1.165) is 24.8 Å². The molecule has 1 aromatic rings. The number of methoxy groups -OCH3 is 1. The number of carbonyl (C=O) groups excluding carboxylic acids is 2. The van der Waals surface area contributed by atoms with Crippen LogP contribution in [0, 0.1) is 0 Å². The molecule has 0 spiro atoms. The number of nitrogens with zero attached hydrogens (tertiary/aromatic N) is 2. The topological polar surface area (TPSA) is 79.3 Å². The second-order valence-electron chi connectivity index (χ2n) is 8.22. The number of ether oxygens (including phenoxy) is 1. The van der Waals surface area contributed by atoms with E-state index >= 15 is 0 Å². The number of amides is 1. The highest BCUT2D eigenvalue weighted by Crippen LogP contribution is 2.38. The van der Waals surface area contributed by atoms with Gasteiger partial charge in [0.2, 0.25) is 5.91 Å². The second-order valence-corrected chi connectivity index (χ2v) is 8.22. The van der Waals surface area contributed by atoms with Gasteiger partial charge in [0, 0.05) is 18.5 Å². The van der Waals surface area contributed by atoms with Crippen molar-refractivity contribution in [3.05, 3.63) is 42.0 Å². The molecule has 0 aromatic heterocycles. The van der Waals surface area contributed by atoms with E-state index in [9.17, 15) is 14.7 Å². The van der Waals surface area contributed by atoms with Crippen LogP contribution in [0.5, 0.6) is 0 Å². The third kappa shape index (κ3) is 4.16. The second kappa shape index (κ2) is 8.16. The Hall–Kier alpha value is -2.38. The zero-order chi connectivity index (χ0) is 20.4. The highest BCUT2D eigenvalue weighted by atomic mass is 16.7. The summed E-state index contributed by atoms with van der Waals surface area (Å²) in [4.78, 5) is 32.7. The van der Waals surface area contributed by atoms with Crippen molar-refractivity contribution in [1.82, 2.24) is 9.96 Å². The molecule has 1 N–H and O–H groups in total. The van der Waals surface area contributed by atoms with Gasteiger partial charge >= 0.3 is 5.97 Å². The Morgan fingerprint density at radius 1 is 1.24 bits per heavy atom. The highest BCUT2D eigenvalue weighted by molar-refractivity contribution is 5.87. The van der Waals surface area contributed by atoms with Crippen LogP contribution < -0.4 is 0 Å². The smallest absolute Gasteiger partial charge is 0.325 e. The average molecular weight is 400 g/mol. The predicted molar refractivity (Wildman–Crippen MR) is 106 cm³/mol. The summed E-state index contributed by atoms with van der Waals surface area (Å²) in [7, 11) is 1.32. The maximum Gasteiger partial charge on any atom is 0.325 e. The summed E-state index contributed by atoms with van der Waals surface area (Å²) in [6.07, 6.45) is 6.69. The summed E-state index contributed by atoms with van der Waals surface area (Å²) < 4.78 is 4.77.